The molecule has 0 fully saturated rings. The molecule has 2 aromatic rings. The summed E-state index contributed by atoms with van der Waals surface area (Å²) in [6.07, 6.45) is 0.683. The summed E-state index contributed by atoms with van der Waals surface area (Å²) in [5.74, 6) is -0.703. The summed E-state index contributed by atoms with van der Waals surface area (Å²) in [6, 6.07) is 7.43. The van der Waals surface area contributed by atoms with Gasteiger partial charge in [0.05, 0.1) is 4.47 Å². The first-order valence-corrected chi connectivity index (χ1v) is 7.09. The Morgan fingerprint density at radius 3 is 2.80 bits per heavy atom. The van der Waals surface area contributed by atoms with Gasteiger partial charge in [0.1, 0.15) is 11.0 Å². The van der Waals surface area contributed by atoms with E-state index >= 15 is 0 Å². The molecular weight excluding hydrogens is 347 g/mol. The molecule has 0 aliphatic heterocycles. The summed E-state index contributed by atoms with van der Waals surface area (Å²) >= 11 is 8.94. The minimum Gasteiger partial charge on any atom is -0.322 e. The highest BCUT2D eigenvalue weighted by Gasteiger charge is 2.10. The third kappa shape index (κ3) is 3.55. The van der Waals surface area contributed by atoms with Gasteiger partial charge in [0, 0.05) is 16.9 Å². The van der Waals surface area contributed by atoms with Crippen LogP contribution in [0.5, 0.6) is 0 Å². The Morgan fingerprint density at radius 1 is 1.40 bits per heavy atom. The maximum atomic E-state index is 13.1. The number of nitrogens with one attached hydrogen (secondary N) is 1. The van der Waals surface area contributed by atoms with Gasteiger partial charge < -0.3 is 5.32 Å². The van der Waals surface area contributed by atoms with Crippen molar-refractivity contribution in [1.29, 1.82) is 0 Å². The van der Waals surface area contributed by atoms with Crippen molar-refractivity contribution < 1.29 is 9.18 Å². The van der Waals surface area contributed by atoms with Crippen LogP contribution in [-0.4, -0.2) is 10.9 Å². The number of hydrogen-bond acceptors (Lipinski definition) is 2. The van der Waals surface area contributed by atoms with E-state index in [0.717, 1.165) is 5.69 Å². The molecule has 1 heterocycles. The molecule has 104 valence electrons. The second-order valence-electron chi connectivity index (χ2n) is 4.11. The molecule has 1 N–H and O–H groups in total. The van der Waals surface area contributed by atoms with E-state index in [-0.39, 0.29) is 21.4 Å². The number of hydrogen-bond donors (Lipinski definition) is 1. The van der Waals surface area contributed by atoms with Gasteiger partial charge >= 0.3 is 0 Å². The average molecular weight is 358 g/mol. The fraction of sp³-hybridized carbons (Fsp3) is 0.143. The molecule has 0 aliphatic rings. The third-order valence-electron chi connectivity index (χ3n) is 2.65. The maximum Gasteiger partial charge on any atom is 0.255 e. The second kappa shape index (κ2) is 6.33. The Morgan fingerprint density at radius 2 is 2.15 bits per heavy atom. The quantitative estimate of drug-likeness (QED) is 0.825. The Bertz CT molecular complexity index is 664. The summed E-state index contributed by atoms with van der Waals surface area (Å²) in [4.78, 5) is 16.2. The van der Waals surface area contributed by atoms with E-state index in [1.165, 1.54) is 24.3 Å². The van der Waals surface area contributed by atoms with Gasteiger partial charge in [0.2, 0.25) is 0 Å². The largest absolute Gasteiger partial charge is 0.322 e. The first-order chi connectivity index (χ1) is 9.49. The number of aromatic nitrogens is 1. The van der Waals surface area contributed by atoms with Crippen LogP contribution in [0.25, 0.3) is 0 Å². The van der Waals surface area contributed by atoms with E-state index < -0.39 is 0 Å². The fourth-order valence-electron chi connectivity index (χ4n) is 1.64. The third-order valence-corrected chi connectivity index (χ3v) is 3.45. The molecule has 3 nitrogen and oxygen atoms in total. The topological polar surface area (TPSA) is 42.0 Å². The molecule has 0 bridgehead atoms. The van der Waals surface area contributed by atoms with Gasteiger partial charge in [-0.25, -0.2) is 9.37 Å². The summed E-state index contributed by atoms with van der Waals surface area (Å²) in [5, 5.41) is 2.96. The minimum atomic E-state index is -0.386. The van der Waals surface area contributed by atoms with Crippen molar-refractivity contribution in [2.24, 2.45) is 0 Å². The first kappa shape index (κ1) is 14.9. The van der Waals surface area contributed by atoms with Crippen molar-refractivity contribution in [2.45, 2.75) is 13.3 Å². The SMILES string of the molecule is CCc1cc(C(=O)Nc2ccc(F)c(Br)c2)cc(Cl)n1. The zero-order chi connectivity index (χ0) is 14.7. The predicted octanol–water partition coefficient (Wildman–Crippen LogP) is 4.45. The van der Waals surface area contributed by atoms with Gasteiger partial charge in [0.25, 0.3) is 5.91 Å². The number of nitrogens with zero attached hydrogens (tertiary/aromatic N) is 1. The minimum absolute atomic E-state index is 0.273. The molecular formula is C14H11BrClFN2O. The summed E-state index contributed by atoms with van der Waals surface area (Å²) in [7, 11) is 0. The van der Waals surface area contributed by atoms with Crippen LogP contribution < -0.4 is 5.32 Å². The van der Waals surface area contributed by atoms with E-state index in [9.17, 15) is 9.18 Å². The Hall–Kier alpha value is -1.46. The number of amides is 1. The van der Waals surface area contributed by atoms with E-state index in [2.05, 4.69) is 26.2 Å². The van der Waals surface area contributed by atoms with Crippen LogP contribution >= 0.6 is 27.5 Å². The standard InChI is InChI=1S/C14H11BrClFN2O/c1-2-9-5-8(6-13(16)18-9)14(20)19-10-3-4-12(17)11(15)7-10/h3-7H,2H2,1H3,(H,19,20). The number of halogens is 3. The Kier molecular flexibility index (Phi) is 4.73. The van der Waals surface area contributed by atoms with Crippen molar-refractivity contribution in [3.8, 4) is 0 Å². The Labute approximate surface area is 129 Å². The number of benzene rings is 1. The van der Waals surface area contributed by atoms with Crippen LogP contribution in [0.2, 0.25) is 5.15 Å². The lowest BCUT2D eigenvalue weighted by atomic mass is 10.2. The number of rotatable bonds is 3. The van der Waals surface area contributed by atoms with E-state index in [1.54, 1.807) is 6.07 Å². The molecule has 0 saturated carbocycles. The zero-order valence-corrected chi connectivity index (χ0v) is 12.9. The number of carbonyl (C=O) groups is 1. The molecule has 0 radical (unpaired) electrons. The molecule has 1 aromatic heterocycles. The van der Waals surface area contributed by atoms with Gasteiger partial charge in [-0.15, -0.1) is 0 Å². The van der Waals surface area contributed by atoms with Gasteiger partial charge in [-0.05, 0) is 52.7 Å². The van der Waals surface area contributed by atoms with Gasteiger partial charge in [-0.2, -0.15) is 0 Å². The smallest absolute Gasteiger partial charge is 0.255 e. The van der Waals surface area contributed by atoms with Gasteiger partial charge in [-0.3, -0.25) is 4.79 Å². The lowest BCUT2D eigenvalue weighted by molar-refractivity contribution is 0.102. The molecule has 6 heteroatoms. The van der Waals surface area contributed by atoms with Crippen molar-refractivity contribution in [2.75, 3.05) is 5.32 Å². The zero-order valence-electron chi connectivity index (χ0n) is 10.6. The van der Waals surface area contributed by atoms with Crippen molar-refractivity contribution in [3.05, 3.63) is 57.0 Å². The van der Waals surface area contributed by atoms with Crippen LogP contribution in [0.15, 0.2) is 34.8 Å². The monoisotopic (exact) mass is 356 g/mol. The molecule has 0 aliphatic carbocycles. The molecule has 20 heavy (non-hydrogen) atoms. The summed E-state index contributed by atoms with van der Waals surface area (Å²) < 4.78 is 13.4. The van der Waals surface area contributed by atoms with Gasteiger partial charge in [-0.1, -0.05) is 18.5 Å². The van der Waals surface area contributed by atoms with Crippen LogP contribution in [0.3, 0.4) is 0 Å². The van der Waals surface area contributed by atoms with E-state index in [4.69, 9.17) is 11.6 Å². The molecule has 2 rings (SSSR count). The highest BCUT2D eigenvalue weighted by Crippen LogP contribution is 2.21. The fourth-order valence-corrected chi connectivity index (χ4v) is 2.25. The van der Waals surface area contributed by atoms with Crippen LogP contribution in [-0.2, 0) is 6.42 Å². The van der Waals surface area contributed by atoms with E-state index in [1.807, 2.05) is 6.92 Å². The van der Waals surface area contributed by atoms with Crippen LogP contribution in [0.1, 0.15) is 23.0 Å². The molecule has 0 atom stereocenters. The van der Waals surface area contributed by atoms with Gasteiger partial charge in [0.15, 0.2) is 0 Å². The molecule has 1 amide bonds. The molecule has 1 aromatic carbocycles. The number of anilines is 1. The van der Waals surface area contributed by atoms with Crippen molar-refractivity contribution in [1.82, 2.24) is 4.98 Å². The van der Waals surface area contributed by atoms with Crippen LogP contribution in [0, 0.1) is 5.82 Å². The Balaban J connectivity index is 2.23. The molecule has 0 saturated heterocycles. The maximum absolute atomic E-state index is 13.1. The van der Waals surface area contributed by atoms with Crippen LogP contribution in [0.4, 0.5) is 10.1 Å². The highest BCUT2D eigenvalue weighted by molar-refractivity contribution is 9.10. The predicted molar refractivity (Wildman–Crippen MR) is 80.7 cm³/mol. The lowest BCUT2D eigenvalue weighted by Crippen LogP contribution is -2.12. The van der Waals surface area contributed by atoms with E-state index in [0.29, 0.717) is 17.7 Å². The molecule has 0 spiro atoms. The van der Waals surface area contributed by atoms with Crippen molar-refractivity contribution >= 4 is 39.1 Å². The number of carbonyl (C=O) groups excluding carboxylic acids is 1. The van der Waals surface area contributed by atoms with Crippen molar-refractivity contribution in [3.63, 3.8) is 0 Å². The number of pyridine rings is 1. The highest BCUT2D eigenvalue weighted by atomic mass is 79.9. The second-order valence-corrected chi connectivity index (χ2v) is 5.35. The molecule has 0 unspecified atom stereocenters. The average Bonchev–Trinajstić information content (AvgIpc) is 2.42. The summed E-state index contributed by atoms with van der Waals surface area (Å²) in [5.41, 5.74) is 1.65. The first-order valence-electron chi connectivity index (χ1n) is 5.92. The lowest BCUT2D eigenvalue weighted by Gasteiger charge is -2.07. The normalized spacial score (nSPS) is 10.4. The number of aryl methyl sites for hydroxylation is 1. The summed E-state index contributed by atoms with van der Waals surface area (Å²) in [6.45, 7) is 1.93.